The molecule has 0 unspecified atom stereocenters. The van der Waals surface area contributed by atoms with Crippen molar-refractivity contribution in [1.82, 2.24) is 9.78 Å². The van der Waals surface area contributed by atoms with Gasteiger partial charge in [-0.25, -0.2) is 0 Å². The van der Waals surface area contributed by atoms with Gasteiger partial charge in [-0.2, -0.15) is 5.10 Å². The third-order valence-corrected chi connectivity index (χ3v) is 1.93. The van der Waals surface area contributed by atoms with Gasteiger partial charge in [0, 0.05) is 12.7 Å². The maximum Gasteiger partial charge on any atom is 0.0989 e. The first kappa shape index (κ1) is 6.82. The molecule has 0 aromatic carbocycles. The summed E-state index contributed by atoms with van der Waals surface area (Å²) in [6.45, 7) is 2.10. The van der Waals surface area contributed by atoms with Gasteiger partial charge in [0.1, 0.15) is 0 Å². The first-order chi connectivity index (χ1) is 5.42. The lowest BCUT2D eigenvalue weighted by Crippen LogP contribution is -2.32. The van der Waals surface area contributed by atoms with Crippen LogP contribution in [0.3, 0.4) is 0 Å². The summed E-state index contributed by atoms with van der Waals surface area (Å²) in [4.78, 5) is 0. The first-order valence-corrected chi connectivity index (χ1v) is 3.72. The van der Waals surface area contributed by atoms with Gasteiger partial charge in [0.2, 0.25) is 0 Å². The number of aromatic nitrogens is 2. The molecule has 0 atom stereocenters. The maximum absolute atomic E-state index is 5.51. The molecule has 0 bridgehead atoms. The van der Waals surface area contributed by atoms with Crippen molar-refractivity contribution in [1.29, 1.82) is 0 Å². The Morgan fingerprint density at radius 1 is 1.73 bits per heavy atom. The highest BCUT2D eigenvalue weighted by Crippen LogP contribution is 2.17. The lowest BCUT2D eigenvalue weighted by Gasteiger charge is -2.27. The van der Waals surface area contributed by atoms with E-state index in [0.717, 1.165) is 18.9 Å². The molecule has 1 aliphatic rings. The average Bonchev–Trinajstić information content (AvgIpc) is 2.32. The molecule has 0 saturated carbocycles. The fourth-order valence-electron chi connectivity index (χ4n) is 1.20. The van der Waals surface area contributed by atoms with Crippen molar-refractivity contribution in [3.63, 3.8) is 0 Å². The van der Waals surface area contributed by atoms with Gasteiger partial charge in [-0.3, -0.25) is 4.68 Å². The molecule has 0 amide bonds. The second-order valence-corrected chi connectivity index (χ2v) is 2.66. The van der Waals surface area contributed by atoms with Crippen molar-refractivity contribution in [2.24, 2.45) is 5.73 Å². The van der Waals surface area contributed by atoms with Crippen LogP contribution in [-0.2, 0) is 11.3 Å². The van der Waals surface area contributed by atoms with Crippen molar-refractivity contribution in [2.75, 3.05) is 13.2 Å². The summed E-state index contributed by atoms with van der Waals surface area (Å²) < 4.78 is 7.00. The lowest BCUT2D eigenvalue weighted by molar-refractivity contribution is -0.0298. The van der Waals surface area contributed by atoms with E-state index in [1.165, 1.54) is 0 Å². The van der Waals surface area contributed by atoms with Crippen LogP contribution in [0, 0.1) is 0 Å². The van der Waals surface area contributed by atoms with Crippen LogP contribution in [0.5, 0.6) is 0 Å². The van der Waals surface area contributed by atoms with E-state index in [-0.39, 0.29) is 0 Å². The zero-order valence-corrected chi connectivity index (χ0v) is 6.23. The number of nitrogens with two attached hydrogens (primary N) is 1. The van der Waals surface area contributed by atoms with Crippen LogP contribution in [0.15, 0.2) is 12.3 Å². The molecule has 4 nitrogen and oxygen atoms in total. The molecule has 1 saturated heterocycles. The van der Waals surface area contributed by atoms with Gasteiger partial charge in [-0.1, -0.05) is 0 Å². The molecule has 4 heteroatoms. The molecule has 60 valence electrons. The second kappa shape index (κ2) is 2.64. The quantitative estimate of drug-likeness (QED) is 0.646. The first-order valence-electron chi connectivity index (χ1n) is 3.72. The van der Waals surface area contributed by atoms with E-state index in [1.54, 1.807) is 6.20 Å². The van der Waals surface area contributed by atoms with Gasteiger partial charge in [-0.05, 0) is 6.07 Å². The predicted molar refractivity (Wildman–Crippen MR) is 40.0 cm³/mol. The van der Waals surface area contributed by atoms with E-state index in [2.05, 4.69) is 5.10 Å². The molecule has 0 radical (unpaired) electrons. The Morgan fingerprint density at radius 2 is 2.55 bits per heavy atom. The lowest BCUT2D eigenvalue weighted by atomic mass is 10.2. The summed E-state index contributed by atoms with van der Waals surface area (Å²) in [7, 11) is 0. The summed E-state index contributed by atoms with van der Waals surface area (Å²) in [5.41, 5.74) is 6.59. The SMILES string of the molecule is NCc1ccnn1C1COC1. The number of ether oxygens (including phenoxy) is 1. The number of hydrogen-bond acceptors (Lipinski definition) is 3. The largest absolute Gasteiger partial charge is 0.377 e. The van der Waals surface area contributed by atoms with Gasteiger partial charge >= 0.3 is 0 Å². The molecule has 1 aromatic rings. The zero-order valence-electron chi connectivity index (χ0n) is 6.23. The number of hydrogen-bond donors (Lipinski definition) is 1. The minimum absolute atomic E-state index is 0.420. The van der Waals surface area contributed by atoms with E-state index in [4.69, 9.17) is 10.5 Å². The van der Waals surface area contributed by atoms with Gasteiger partial charge in [0.05, 0.1) is 24.9 Å². The minimum atomic E-state index is 0.420. The van der Waals surface area contributed by atoms with Gasteiger partial charge in [0.25, 0.3) is 0 Å². The fraction of sp³-hybridized carbons (Fsp3) is 0.571. The van der Waals surface area contributed by atoms with Crippen molar-refractivity contribution in [3.8, 4) is 0 Å². The highest BCUT2D eigenvalue weighted by molar-refractivity contribution is 5.01. The van der Waals surface area contributed by atoms with E-state index in [1.807, 2.05) is 10.7 Å². The molecular formula is C7H11N3O. The molecule has 0 spiro atoms. The predicted octanol–water partition coefficient (Wildman–Crippen LogP) is -0.0869. The highest BCUT2D eigenvalue weighted by atomic mass is 16.5. The smallest absolute Gasteiger partial charge is 0.0989 e. The Morgan fingerprint density at radius 3 is 3.09 bits per heavy atom. The Kier molecular flexibility index (Phi) is 1.63. The Hall–Kier alpha value is -0.870. The number of rotatable bonds is 2. The van der Waals surface area contributed by atoms with E-state index < -0.39 is 0 Å². The minimum Gasteiger partial charge on any atom is -0.377 e. The van der Waals surface area contributed by atoms with Crippen LogP contribution in [0.4, 0.5) is 0 Å². The van der Waals surface area contributed by atoms with Crippen molar-refractivity contribution in [3.05, 3.63) is 18.0 Å². The van der Waals surface area contributed by atoms with Crippen molar-refractivity contribution < 1.29 is 4.74 Å². The summed E-state index contributed by atoms with van der Waals surface area (Å²) in [5.74, 6) is 0. The highest BCUT2D eigenvalue weighted by Gasteiger charge is 2.22. The van der Waals surface area contributed by atoms with Crippen molar-refractivity contribution in [2.45, 2.75) is 12.6 Å². The molecule has 2 N–H and O–H groups in total. The van der Waals surface area contributed by atoms with Crippen LogP contribution < -0.4 is 5.73 Å². The summed E-state index contributed by atoms with van der Waals surface area (Å²) >= 11 is 0. The second-order valence-electron chi connectivity index (χ2n) is 2.66. The van der Waals surface area contributed by atoms with Crippen LogP contribution >= 0.6 is 0 Å². The molecule has 2 rings (SSSR count). The summed E-state index contributed by atoms with van der Waals surface area (Å²) in [6, 6.07) is 2.36. The van der Waals surface area contributed by atoms with Gasteiger partial charge in [-0.15, -0.1) is 0 Å². The molecule has 1 aliphatic heterocycles. The zero-order chi connectivity index (χ0) is 7.68. The van der Waals surface area contributed by atoms with Gasteiger partial charge < -0.3 is 10.5 Å². The third kappa shape index (κ3) is 1.04. The van der Waals surface area contributed by atoms with Gasteiger partial charge in [0.15, 0.2) is 0 Å². The topological polar surface area (TPSA) is 53.1 Å². The standard InChI is InChI=1S/C7H11N3O/c8-3-6-1-2-9-10(6)7-4-11-5-7/h1-2,7H,3-5,8H2. The summed E-state index contributed by atoms with van der Waals surface area (Å²) in [6.07, 6.45) is 1.78. The molecule has 0 aliphatic carbocycles. The van der Waals surface area contributed by atoms with E-state index in [9.17, 15) is 0 Å². The van der Waals surface area contributed by atoms with Crippen molar-refractivity contribution >= 4 is 0 Å². The third-order valence-electron chi connectivity index (χ3n) is 1.93. The molecule has 11 heavy (non-hydrogen) atoms. The Balaban J connectivity index is 2.20. The maximum atomic E-state index is 5.51. The average molecular weight is 153 g/mol. The number of nitrogens with zero attached hydrogens (tertiary/aromatic N) is 2. The normalized spacial score (nSPS) is 18.3. The fourth-order valence-corrected chi connectivity index (χ4v) is 1.20. The Labute approximate surface area is 64.9 Å². The van der Waals surface area contributed by atoms with Crippen LogP contribution in [0.1, 0.15) is 11.7 Å². The van der Waals surface area contributed by atoms with E-state index >= 15 is 0 Å². The Bertz CT molecular complexity index is 242. The monoisotopic (exact) mass is 153 g/mol. The van der Waals surface area contributed by atoms with E-state index in [0.29, 0.717) is 12.6 Å². The van der Waals surface area contributed by atoms with Crippen LogP contribution in [0.2, 0.25) is 0 Å². The van der Waals surface area contributed by atoms with Crippen LogP contribution in [-0.4, -0.2) is 23.0 Å². The molecule has 2 heterocycles. The molecule has 1 aromatic heterocycles. The molecule has 1 fully saturated rings. The van der Waals surface area contributed by atoms with Crippen LogP contribution in [0.25, 0.3) is 0 Å². The molecular weight excluding hydrogens is 142 g/mol. The summed E-state index contributed by atoms with van der Waals surface area (Å²) in [5, 5.41) is 4.17.